The summed E-state index contributed by atoms with van der Waals surface area (Å²) in [6, 6.07) is 0. The molecule has 0 aliphatic rings. The van der Waals surface area contributed by atoms with E-state index in [1.165, 1.54) is 0 Å². The van der Waals surface area contributed by atoms with Crippen molar-refractivity contribution >= 4 is 45.0 Å². The van der Waals surface area contributed by atoms with E-state index in [0.29, 0.717) is 0 Å². The molecule has 0 bridgehead atoms. The van der Waals surface area contributed by atoms with Crippen LogP contribution in [0.2, 0.25) is 0 Å². The third-order valence-corrected chi connectivity index (χ3v) is 3.23. The maximum absolute atomic E-state index is 11.7. The number of hydrogen-bond acceptors (Lipinski definition) is 2. The molecule has 9 heavy (non-hydrogen) atoms. The van der Waals surface area contributed by atoms with Gasteiger partial charge in [-0.25, -0.2) is 0 Å². The number of alkyl halides is 3. The van der Waals surface area contributed by atoms with Gasteiger partial charge in [0.2, 0.25) is 0 Å². The second-order valence-corrected chi connectivity index (χ2v) is 4.51. The maximum Gasteiger partial charge on any atom is 0.322 e. The fourth-order valence-electron chi connectivity index (χ4n) is 0.123. The van der Waals surface area contributed by atoms with Crippen LogP contribution < -0.4 is 0 Å². The highest BCUT2D eigenvalue weighted by Crippen LogP contribution is 2.20. The Hall–Kier alpha value is 0.750. The van der Waals surface area contributed by atoms with E-state index in [1.54, 1.807) is 0 Å². The lowest BCUT2D eigenvalue weighted by molar-refractivity contribution is 0.549. The summed E-state index contributed by atoms with van der Waals surface area (Å²) >= 11 is 14.7. The summed E-state index contributed by atoms with van der Waals surface area (Å²) in [6.45, 7) is 0. The van der Waals surface area contributed by atoms with E-state index in [-0.39, 0.29) is 0 Å². The van der Waals surface area contributed by atoms with E-state index in [1.807, 2.05) is 0 Å². The summed E-state index contributed by atoms with van der Waals surface area (Å²) in [5, 5.41) is 0. The van der Waals surface area contributed by atoms with Gasteiger partial charge in [0.05, 0.1) is 0 Å². The predicted molar refractivity (Wildman–Crippen MR) is 35.2 cm³/mol. The van der Waals surface area contributed by atoms with Crippen molar-refractivity contribution in [1.29, 1.82) is 0 Å². The highest BCUT2D eigenvalue weighted by Gasteiger charge is 2.28. The molecular weight excluding hydrogens is 213 g/mol. The van der Waals surface area contributed by atoms with Crippen LogP contribution in [0.1, 0.15) is 0 Å². The highest BCUT2D eigenvalue weighted by atomic mass is 35.5. The fraction of sp³-hybridized carbons (Fsp3) is 1.00. The van der Waals surface area contributed by atoms with Gasteiger partial charge >= 0.3 is 10.2 Å². The smallest absolute Gasteiger partial charge is 0.193 e. The molecule has 2 nitrogen and oxygen atoms in total. The number of hydrogen-bond donors (Lipinski definition) is 0. The normalized spacial score (nSPS) is 16.1. The summed E-state index contributed by atoms with van der Waals surface area (Å²) in [4.78, 5) is -1.44. The van der Waals surface area contributed by atoms with E-state index in [2.05, 4.69) is 0 Å². The summed E-state index contributed by atoms with van der Waals surface area (Å²) < 4.78 is 29.4. The summed E-state index contributed by atoms with van der Waals surface area (Å²) in [7, 11) is -4.80. The monoisotopic (exact) mass is 214 g/mol. The third kappa shape index (κ3) is 3.45. The van der Waals surface area contributed by atoms with E-state index < -0.39 is 19.8 Å². The molecule has 0 radical (unpaired) electrons. The minimum Gasteiger partial charge on any atom is -0.193 e. The summed E-state index contributed by atoms with van der Waals surface area (Å²) in [6.07, 6.45) is 0. The van der Waals surface area contributed by atoms with Crippen molar-refractivity contribution < 1.29 is 12.3 Å². The molecule has 0 amide bonds. The molecule has 0 heterocycles. The first-order chi connectivity index (χ1) is 3.85. The van der Waals surface area contributed by atoms with Crippen LogP contribution in [0.4, 0.5) is 3.89 Å². The molecular formula is C2H2Cl3FO2S. The molecule has 0 aromatic heterocycles. The average Bonchev–Trinajstić information content (AvgIpc) is 1.62. The van der Waals surface area contributed by atoms with Gasteiger partial charge in [0.25, 0.3) is 0 Å². The van der Waals surface area contributed by atoms with E-state index >= 15 is 0 Å². The molecule has 7 heteroatoms. The Kier molecular flexibility index (Phi) is 3.50. The predicted octanol–water partition coefficient (Wildman–Crippen LogP) is 1.65. The van der Waals surface area contributed by atoms with Crippen LogP contribution in [0.3, 0.4) is 0 Å². The Morgan fingerprint density at radius 3 is 1.56 bits per heavy atom. The molecule has 0 rings (SSSR count). The van der Waals surface area contributed by atoms with Crippen molar-refractivity contribution in [1.82, 2.24) is 0 Å². The van der Waals surface area contributed by atoms with Crippen LogP contribution in [-0.4, -0.2) is 18.0 Å². The zero-order valence-electron chi connectivity index (χ0n) is 3.89. The van der Waals surface area contributed by atoms with E-state index in [9.17, 15) is 12.3 Å². The molecule has 1 unspecified atom stereocenters. The average molecular weight is 215 g/mol. The van der Waals surface area contributed by atoms with Gasteiger partial charge in [-0.1, -0.05) is 11.6 Å². The standard InChI is InChI=1S/C2H2Cl3FO2S/c3-1(4)2(5)9(6,7)8/h1-2H. The minimum atomic E-state index is -4.80. The van der Waals surface area contributed by atoms with Crippen molar-refractivity contribution in [3.05, 3.63) is 0 Å². The summed E-state index contributed by atoms with van der Waals surface area (Å²) in [5.74, 6) is 0. The van der Waals surface area contributed by atoms with Crippen LogP contribution in [0, 0.1) is 0 Å². The van der Waals surface area contributed by atoms with Crippen molar-refractivity contribution in [2.24, 2.45) is 0 Å². The van der Waals surface area contributed by atoms with Crippen molar-refractivity contribution in [2.45, 2.75) is 9.55 Å². The lowest BCUT2D eigenvalue weighted by Gasteiger charge is -2.01. The Bertz CT molecular complexity index is 176. The number of halogens is 4. The third-order valence-electron chi connectivity index (χ3n) is 0.467. The molecule has 0 aliphatic heterocycles. The Morgan fingerprint density at radius 1 is 1.22 bits per heavy atom. The molecule has 0 saturated carbocycles. The first kappa shape index (κ1) is 9.75. The van der Waals surface area contributed by atoms with Gasteiger partial charge in [-0.2, -0.15) is 8.42 Å². The Labute approximate surface area is 67.1 Å². The molecule has 0 aromatic rings. The van der Waals surface area contributed by atoms with Gasteiger partial charge in [0.1, 0.15) is 4.84 Å². The highest BCUT2D eigenvalue weighted by molar-refractivity contribution is 7.88. The quantitative estimate of drug-likeness (QED) is 0.518. The fourth-order valence-corrected chi connectivity index (χ4v) is 1.11. The first-order valence-corrected chi connectivity index (χ1v) is 4.47. The molecule has 0 saturated heterocycles. The molecule has 0 fully saturated rings. The number of rotatable bonds is 2. The zero-order valence-corrected chi connectivity index (χ0v) is 6.98. The largest absolute Gasteiger partial charge is 0.322 e. The lowest BCUT2D eigenvalue weighted by Crippen LogP contribution is -2.16. The first-order valence-electron chi connectivity index (χ1n) is 1.71. The SMILES string of the molecule is O=S(=O)(F)C(Cl)C(Cl)Cl. The minimum absolute atomic E-state index is 1.44. The molecule has 0 spiro atoms. The van der Waals surface area contributed by atoms with Crippen LogP contribution in [0.15, 0.2) is 0 Å². The lowest BCUT2D eigenvalue weighted by atomic mass is 10.9. The van der Waals surface area contributed by atoms with E-state index in [4.69, 9.17) is 34.8 Å². The van der Waals surface area contributed by atoms with E-state index in [0.717, 1.165) is 0 Å². The molecule has 1 atom stereocenters. The van der Waals surface area contributed by atoms with Crippen molar-refractivity contribution in [2.75, 3.05) is 0 Å². The van der Waals surface area contributed by atoms with Crippen LogP contribution >= 0.6 is 34.8 Å². The van der Waals surface area contributed by atoms with Crippen LogP contribution in [-0.2, 0) is 10.2 Å². The second kappa shape index (κ2) is 3.23. The van der Waals surface area contributed by atoms with Gasteiger partial charge in [-0.3, -0.25) is 0 Å². The van der Waals surface area contributed by atoms with Gasteiger partial charge in [-0.05, 0) is 0 Å². The van der Waals surface area contributed by atoms with Crippen LogP contribution in [0.25, 0.3) is 0 Å². The van der Waals surface area contributed by atoms with Crippen molar-refractivity contribution in [3.63, 3.8) is 0 Å². The van der Waals surface area contributed by atoms with Gasteiger partial charge in [0, 0.05) is 0 Å². The Balaban J connectivity index is 4.24. The topological polar surface area (TPSA) is 34.1 Å². The van der Waals surface area contributed by atoms with Gasteiger partial charge in [0.15, 0.2) is 4.71 Å². The zero-order chi connectivity index (χ0) is 7.65. The van der Waals surface area contributed by atoms with Crippen LogP contribution in [0.5, 0.6) is 0 Å². The molecule has 0 aliphatic carbocycles. The molecule has 56 valence electrons. The summed E-state index contributed by atoms with van der Waals surface area (Å²) in [5.41, 5.74) is 0. The van der Waals surface area contributed by atoms with Gasteiger partial charge < -0.3 is 0 Å². The van der Waals surface area contributed by atoms with Crippen molar-refractivity contribution in [3.8, 4) is 0 Å². The Morgan fingerprint density at radius 2 is 1.56 bits per heavy atom. The molecule has 0 N–H and O–H groups in total. The van der Waals surface area contributed by atoms with Gasteiger partial charge in [-0.15, -0.1) is 27.1 Å². The molecule has 0 aromatic carbocycles. The maximum atomic E-state index is 11.7. The second-order valence-electron chi connectivity index (χ2n) is 1.16.